The Hall–Kier alpha value is -7.72. The summed E-state index contributed by atoms with van der Waals surface area (Å²) in [5.41, 5.74) is 6.63. The highest BCUT2D eigenvalue weighted by atomic mass is 16.5. The van der Waals surface area contributed by atoms with E-state index in [-0.39, 0.29) is 22.8 Å². The van der Waals surface area contributed by atoms with Gasteiger partial charge in [0.15, 0.2) is 0 Å². The molecule has 10 nitrogen and oxygen atoms in total. The Kier molecular flexibility index (Phi) is 19.7. The third kappa shape index (κ3) is 15.2. The van der Waals surface area contributed by atoms with Crippen molar-refractivity contribution in [2.75, 3.05) is 14.2 Å². The topological polar surface area (TPSA) is 124 Å². The van der Waals surface area contributed by atoms with Crippen LogP contribution in [0.5, 0.6) is 34.5 Å². The number of esters is 4. The molecule has 0 radical (unpaired) electrons. The molecule has 6 aromatic carbocycles. The Labute approximate surface area is 456 Å². The second kappa shape index (κ2) is 25.9. The molecule has 77 heavy (non-hydrogen) atoms. The molecule has 0 spiro atoms. The first kappa shape index (κ1) is 58.5. The average molecular weight is 1040 g/mol. The van der Waals surface area contributed by atoms with E-state index in [4.69, 9.17) is 28.4 Å². The van der Waals surface area contributed by atoms with Gasteiger partial charge in [-0.2, -0.15) is 0 Å². The van der Waals surface area contributed by atoms with Crippen LogP contribution in [0.2, 0.25) is 0 Å². The summed E-state index contributed by atoms with van der Waals surface area (Å²) in [6.45, 7) is 19.7. The summed E-state index contributed by atoms with van der Waals surface area (Å²) in [5.74, 6) is 2.39. The summed E-state index contributed by atoms with van der Waals surface area (Å²) in [4.78, 5) is 49.9. The highest BCUT2D eigenvalue weighted by Crippen LogP contribution is 2.46. The molecule has 1 aliphatic carbocycles. The first-order valence-corrected chi connectivity index (χ1v) is 26.6. The van der Waals surface area contributed by atoms with Crippen LogP contribution in [0, 0.1) is 24.7 Å². The van der Waals surface area contributed by atoms with Crippen LogP contribution in [0.3, 0.4) is 0 Å². The molecule has 0 aliphatic heterocycles. The van der Waals surface area contributed by atoms with Crippen molar-refractivity contribution in [2.24, 2.45) is 10.8 Å². The van der Waals surface area contributed by atoms with E-state index in [2.05, 4.69) is 44.2 Å². The SMILES string of the molecule is CCC(C)(C)C(=O)Oc1ccc(C(C)(C)c2ccc(OC(=O)/C=C/c3ccc(OC)cc3)c(C)c2)cc1C.CCC(C)(C)C(=O)Oc1ccc(C2(c3ccc(OC(=O)/C=C/c4ccc(OC)cc4)cc3)CCCCC2)cc1. The van der Waals surface area contributed by atoms with Gasteiger partial charge in [-0.15, -0.1) is 0 Å². The molecule has 404 valence electrons. The van der Waals surface area contributed by atoms with Gasteiger partial charge in [0.25, 0.3) is 0 Å². The maximum absolute atomic E-state index is 12.5. The maximum Gasteiger partial charge on any atom is 0.336 e. The Balaban J connectivity index is 0.000000250. The van der Waals surface area contributed by atoms with Crippen LogP contribution in [0.25, 0.3) is 12.2 Å². The molecule has 0 aromatic heterocycles. The van der Waals surface area contributed by atoms with Gasteiger partial charge >= 0.3 is 23.9 Å². The lowest BCUT2D eigenvalue weighted by Crippen LogP contribution is -2.30. The minimum absolute atomic E-state index is 0.125. The van der Waals surface area contributed by atoms with Crippen LogP contribution in [0.1, 0.15) is 145 Å². The van der Waals surface area contributed by atoms with E-state index < -0.39 is 22.8 Å². The Morgan fingerprint density at radius 3 is 1.25 bits per heavy atom. The molecule has 0 saturated heterocycles. The summed E-state index contributed by atoms with van der Waals surface area (Å²) in [6.07, 6.45) is 13.3. The summed E-state index contributed by atoms with van der Waals surface area (Å²) in [6, 6.07) is 42.5. The first-order chi connectivity index (χ1) is 36.6. The number of carbonyl (C=O) groups excluding carboxylic acids is 4. The van der Waals surface area contributed by atoms with Crippen molar-refractivity contribution in [3.63, 3.8) is 0 Å². The van der Waals surface area contributed by atoms with Crippen LogP contribution in [0.4, 0.5) is 0 Å². The Bertz CT molecular complexity index is 3020. The molecule has 0 unspecified atom stereocenters. The zero-order chi connectivity index (χ0) is 56.0. The lowest BCUT2D eigenvalue weighted by molar-refractivity contribution is -0.144. The predicted octanol–water partition coefficient (Wildman–Crippen LogP) is 15.5. The largest absolute Gasteiger partial charge is 0.497 e. The summed E-state index contributed by atoms with van der Waals surface area (Å²) in [5, 5.41) is 0. The van der Waals surface area contributed by atoms with Crippen molar-refractivity contribution in [2.45, 2.75) is 125 Å². The van der Waals surface area contributed by atoms with Gasteiger partial charge in [0.1, 0.15) is 34.5 Å². The van der Waals surface area contributed by atoms with Crippen LogP contribution in [-0.2, 0) is 30.0 Å². The quantitative estimate of drug-likeness (QED) is 0.0467. The van der Waals surface area contributed by atoms with Crippen molar-refractivity contribution in [3.8, 4) is 34.5 Å². The zero-order valence-corrected chi connectivity index (χ0v) is 47.0. The number of methoxy groups -OCH3 is 2. The van der Waals surface area contributed by atoms with Gasteiger partial charge in [-0.3, -0.25) is 9.59 Å². The lowest BCUT2D eigenvalue weighted by atomic mass is 9.65. The van der Waals surface area contributed by atoms with Gasteiger partial charge in [0.2, 0.25) is 0 Å². The number of hydrogen-bond donors (Lipinski definition) is 0. The second-order valence-electron chi connectivity index (χ2n) is 21.6. The third-order valence-electron chi connectivity index (χ3n) is 15.1. The fourth-order valence-electron chi connectivity index (χ4n) is 8.88. The standard InChI is InChI=1S/C34H38O5.C33H38O5/c1-5-33(2,3)32(36)39-30-20-14-27(15-21-30)34(23-7-6-8-24-34)26-12-18-29(19-13-26)38-31(35)22-11-25-9-16-28(37-4)17-10-25;1-9-32(4,5)31(35)38-29-18-14-26(21-23(29)3)33(6,7)25-13-17-28(22(2)20-25)37-30(34)19-12-24-10-15-27(36-8)16-11-24/h9-22H,5-8,23-24H2,1-4H3;10-21H,9H2,1-8H3/b22-11+;19-12+. The minimum Gasteiger partial charge on any atom is -0.497 e. The normalized spacial score (nSPS) is 13.5. The molecular formula is C67H76O10. The van der Waals surface area contributed by atoms with Gasteiger partial charge < -0.3 is 28.4 Å². The van der Waals surface area contributed by atoms with Crippen molar-refractivity contribution in [3.05, 3.63) is 190 Å². The Morgan fingerprint density at radius 2 is 0.844 bits per heavy atom. The van der Waals surface area contributed by atoms with Crippen LogP contribution < -0.4 is 28.4 Å². The third-order valence-corrected chi connectivity index (χ3v) is 15.1. The smallest absolute Gasteiger partial charge is 0.336 e. The zero-order valence-electron chi connectivity index (χ0n) is 47.0. The number of aryl methyl sites for hydroxylation is 2. The minimum atomic E-state index is -0.529. The molecule has 0 bridgehead atoms. The lowest BCUT2D eigenvalue weighted by Gasteiger charge is -2.38. The first-order valence-electron chi connectivity index (χ1n) is 26.6. The molecule has 7 rings (SSSR count). The van der Waals surface area contributed by atoms with E-state index in [1.54, 1.807) is 26.4 Å². The monoisotopic (exact) mass is 1040 g/mol. The van der Waals surface area contributed by atoms with Crippen LogP contribution >= 0.6 is 0 Å². The van der Waals surface area contributed by atoms with E-state index in [0.717, 1.165) is 77.0 Å². The second-order valence-corrected chi connectivity index (χ2v) is 21.6. The fourth-order valence-corrected chi connectivity index (χ4v) is 8.88. The number of benzene rings is 6. The average Bonchev–Trinajstić information content (AvgIpc) is 3.44. The van der Waals surface area contributed by atoms with Crippen molar-refractivity contribution >= 4 is 36.0 Å². The van der Waals surface area contributed by atoms with Crippen LogP contribution in [-0.4, -0.2) is 38.1 Å². The predicted molar refractivity (Wildman–Crippen MR) is 306 cm³/mol. The molecule has 0 heterocycles. The van der Waals surface area contributed by atoms with E-state index >= 15 is 0 Å². The van der Waals surface area contributed by atoms with Crippen molar-refractivity contribution in [1.82, 2.24) is 0 Å². The van der Waals surface area contributed by atoms with E-state index in [1.807, 2.05) is 159 Å². The highest BCUT2D eigenvalue weighted by molar-refractivity contribution is 5.89. The number of rotatable bonds is 18. The molecule has 1 fully saturated rings. The summed E-state index contributed by atoms with van der Waals surface area (Å²) < 4.78 is 32.8. The van der Waals surface area contributed by atoms with Crippen molar-refractivity contribution < 1.29 is 47.6 Å². The molecule has 1 saturated carbocycles. The molecule has 0 atom stereocenters. The van der Waals surface area contributed by atoms with Gasteiger partial charge in [0.05, 0.1) is 25.0 Å². The highest BCUT2D eigenvalue weighted by Gasteiger charge is 2.36. The molecule has 6 aromatic rings. The molecular weight excluding hydrogens is 965 g/mol. The number of ether oxygens (including phenoxy) is 6. The van der Waals surface area contributed by atoms with Crippen LogP contribution in [0.15, 0.2) is 146 Å². The Morgan fingerprint density at radius 1 is 0.468 bits per heavy atom. The van der Waals surface area contributed by atoms with E-state index in [0.29, 0.717) is 29.4 Å². The van der Waals surface area contributed by atoms with Crippen molar-refractivity contribution in [1.29, 1.82) is 0 Å². The number of carbonyl (C=O) groups is 4. The fraction of sp³-hybridized carbons (Fsp3) is 0.343. The molecule has 1 aliphatic rings. The van der Waals surface area contributed by atoms with E-state index in [9.17, 15) is 19.2 Å². The van der Waals surface area contributed by atoms with Gasteiger partial charge in [0, 0.05) is 23.0 Å². The molecule has 0 amide bonds. The molecule has 10 heteroatoms. The van der Waals surface area contributed by atoms with E-state index in [1.165, 1.54) is 29.7 Å². The van der Waals surface area contributed by atoms with Gasteiger partial charge in [-0.25, -0.2) is 9.59 Å². The summed E-state index contributed by atoms with van der Waals surface area (Å²) in [7, 11) is 3.23. The maximum atomic E-state index is 12.5. The van der Waals surface area contributed by atoms with Gasteiger partial charge in [-0.1, -0.05) is 120 Å². The number of hydrogen-bond acceptors (Lipinski definition) is 10. The molecule has 0 N–H and O–H groups in total. The summed E-state index contributed by atoms with van der Waals surface area (Å²) >= 11 is 0. The van der Waals surface area contributed by atoms with Gasteiger partial charge in [-0.05, 0) is 185 Å².